The number of aliphatic hydroxyl groups is 1. The van der Waals surface area contributed by atoms with E-state index in [0.717, 1.165) is 13.1 Å². The SMILES string of the molecule is CC(C)C(O)C(C)(C)CNCc1ccsc1. The van der Waals surface area contributed by atoms with Crippen LogP contribution in [0.25, 0.3) is 0 Å². The Kier molecular flexibility index (Phi) is 4.96. The highest BCUT2D eigenvalue weighted by atomic mass is 32.1. The maximum atomic E-state index is 10.1. The minimum Gasteiger partial charge on any atom is -0.392 e. The van der Waals surface area contributed by atoms with Gasteiger partial charge >= 0.3 is 0 Å². The van der Waals surface area contributed by atoms with Crippen molar-refractivity contribution in [3.63, 3.8) is 0 Å². The van der Waals surface area contributed by atoms with Crippen molar-refractivity contribution in [1.29, 1.82) is 0 Å². The van der Waals surface area contributed by atoms with Crippen molar-refractivity contribution in [1.82, 2.24) is 5.32 Å². The number of hydrogen-bond acceptors (Lipinski definition) is 3. The molecule has 2 N–H and O–H groups in total. The van der Waals surface area contributed by atoms with E-state index in [9.17, 15) is 5.11 Å². The van der Waals surface area contributed by atoms with Gasteiger partial charge in [0, 0.05) is 18.5 Å². The van der Waals surface area contributed by atoms with Gasteiger partial charge in [0.15, 0.2) is 0 Å². The molecule has 0 saturated heterocycles. The summed E-state index contributed by atoms with van der Waals surface area (Å²) >= 11 is 1.72. The molecule has 0 bridgehead atoms. The van der Waals surface area contributed by atoms with Crippen LogP contribution in [0.5, 0.6) is 0 Å². The summed E-state index contributed by atoms with van der Waals surface area (Å²) in [6.07, 6.45) is -0.262. The Bertz CT molecular complexity index is 293. The van der Waals surface area contributed by atoms with Gasteiger partial charge in [-0.3, -0.25) is 0 Å². The van der Waals surface area contributed by atoms with E-state index in [0.29, 0.717) is 5.92 Å². The summed E-state index contributed by atoms with van der Waals surface area (Å²) in [7, 11) is 0. The molecular weight excluding hydrogens is 218 g/mol. The average Bonchev–Trinajstić information content (AvgIpc) is 2.69. The molecule has 16 heavy (non-hydrogen) atoms. The summed E-state index contributed by atoms with van der Waals surface area (Å²) in [5, 5.41) is 17.7. The molecule has 0 aliphatic heterocycles. The molecule has 1 aromatic heterocycles. The zero-order valence-corrected chi connectivity index (χ0v) is 11.5. The second kappa shape index (κ2) is 5.80. The van der Waals surface area contributed by atoms with Gasteiger partial charge in [0.25, 0.3) is 0 Å². The van der Waals surface area contributed by atoms with Crippen LogP contribution in [-0.2, 0) is 6.54 Å². The van der Waals surface area contributed by atoms with Crippen molar-refractivity contribution in [3.05, 3.63) is 22.4 Å². The Morgan fingerprint density at radius 2 is 2.12 bits per heavy atom. The van der Waals surface area contributed by atoms with Crippen molar-refractivity contribution in [3.8, 4) is 0 Å². The zero-order chi connectivity index (χ0) is 12.2. The van der Waals surface area contributed by atoms with Gasteiger partial charge in [-0.1, -0.05) is 27.7 Å². The fourth-order valence-electron chi connectivity index (χ4n) is 1.93. The first-order chi connectivity index (χ1) is 7.43. The highest BCUT2D eigenvalue weighted by Gasteiger charge is 2.29. The molecule has 1 rings (SSSR count). The van der Waals surface area contributed by atoms with E-state index in [1.54, 1.807) is 11.3 Å². The lowest BCUT2D eigenvalue weighted by Crippen LogP contribution is -2.41. The highest BCUT2D eigenvalue weighted by Crippen LogP contribution is 2.25. The molecule has 0 fully saturated rings. The molecule has 1 unspecified atom stereocenters. The molecule has 0 spiro atoms. The van der Waals surface area contributed by atoms with Gasteiger partial charge in [0.1, 0.15) is 0 Å². The Labute approximate surface area is 103 Å². The van der Waals surface area contributed by atoms with Crippen LogP contribution in [0, 0.1) is 11.3 Å². The third kappa shape index (κ3) is 3.89. The first-order valence-corrected chi connectivity index (χ1v) is 6.77. The van der Waals surface area contributed by atoms with Gasteiger partial charge in [-0.15, -0.1) is 0 Å². The largest absolute Gasteiger partial charge is 0.392 e. The topological polar surface area (TPSA) is 32.3 Å². The van der Waals surface area contributed by atoms with E-state index in [4.69, 9.17) is 0 Å². The molecule has 2 nitrogen and oxygen atoms in total. The molecule has 0 aliphatic carbocycles. The van der Waals surface area contributed by atoms with E-state index in [1.165, 1.54) is 5.56 Å². The monoisotopic (exact) mass is 241 g/mol. The van der Waals surface area contributed by atoms with Crippen molar-refractivity contribution in [2.75, 3.05) is 6.54 Å². The van der Waals surface area contributed by atoms with Gasteiger partial charge in [0.2, 0.25) is 0 Å². The van der Waals surface area contributed by atoms with Crippen molar-refractivity contribution < 1.29 is 5.11 Å². The molecule has 3 heteroatoms. The lowest BCUT2D eigenvalue weighted by atomic mass is 9.81. The molecule has 1 heterocycles. The summed E-state index contributed by atoms with van der Waals surface area (Å²) in [6, 6.07) is 2.13. The molecule has 1 atom stereocenters. The van der Waals surface area contributed by atoms with Crippen LogP contribution < -0.4 is 5.32 Å². The van der Waals surface area contributed by atoms with Crippen LogP contribution in [-0.4, -0.2) is 17.8 Å². The lowest BCUT2D eigenvalue weighted by Gasteiger charge is -2.33. The van der Waals surface area contributed by atoms with Crippen LogP contribution >= 0.6 is 11.3 Å². The Hall–Kier alpha value is -0.380. The third-order valence-electron chi connectivity index (χ3n) is 2.92. The van der Waals surface area contributed by atoms with Crippen LogP contribution in [0.2, 0.25) is 0 Å². The predicted octanol–water partition coefficient (Wildman–Crippen LogP) is 2.88. The van der Waals surface area contributed by atoms with E-state index >= 15 is 0 Å². The van der Waals surface area contributed by atoms with Crippen LogP contribution in [0.4, 0.5) is 0 Å². The van der Waals surface area contributed by atoms with Gasteiger partial charge in [0.05, 0.1) is 6.10 Å². The maximum absolute atomic E-state index is 10.1. The Morgan fingerprint density at radius 3 is 2.62 bits per heavy atom. The molecule has 0 amide bonds. The lowest BCUT2D eigenvalue weighted by molar-refractivity contribution is 0.0134. The van der Waals surface area contributed by atoms with Crippen molar-refractivity contribution in [2.24, 2.45) is 11.3 Å². The summed E-state index contributed by atoms with van der Waals surface area (Å²) < 4.78 is 0. The second-order valence-corrected chi connectivity index (χ2v) is 6.19. The molecule has 1 aromatic rings. The summed E-state index contributed by atoms with van der Waals surface area (Å²) in [5.41, 5.74) is 1.24. The third-order valence-corrected chi connectivity index (χ3v) is 3.65. The fourth-order valence-corrected chi connectivity index (χ4v) is 2.60. The average molecular weight is 241 g/mol. The molecular formula is C13H23NOS. The number of nitrogens with one attached hydrogen (secondary N) is 1. The minimum absolute atomic E-state index is 0.0792. The number of aliphatic hydroxyl groups excluding tert-OH is 1. The van der Waals surface area contributed by atoms with Crippen LogP contribution in [0.1, 0.15) is 33.3 Å². The fraction of sp³-hybridized carbons (Fsp3) is 0.692. The van der Waals surface area contributed by atoms with E-state index in [1.807, 2.05) is 0 Å². The van der Waals surface area contributed by atoms with Gasteiger partial charge in [-0.2, -0.15) is 11.3 Å². The highest BCUT2D eigenvalue weighted by molar-refractivity contribution is 7.07. The van der Waals surface area contributed by atoms with Crippen LogP contribution in [0.15, 0.2) is 16.8 Å². The first-order valence-electron chi connectivity index (χ1n) is 5.83. The Morgan fingerprint density at radius 1 is 1.44 bits per heavy atom. The standard InChI is InChI=1S/C13H23NOS/c1-10(2)12(15)13(3,4)9-14-7-11-5-6-16-8-11/h5-6,8,10,12,14-15H,7,9H2,1-4H3. The van der Waals surface area contributed by atoms with Gasteiger partial charge in [-0.05, 0) is 28.3 Å². The second-order valence-electron chi connectivity index (χ2n) is 5.41. The quantitative estimate of drug-likeness (QED) is 0.802. The summed E-state index contributed by atoms with van der Waals surface area (Å²) in [6.45, 7) is 10.1. The summed E-state index contributed by atoms with van der Waals surface area (Å²) in [4.78, 5) is 0. The number of hydrogen-bond donors (Lipinski definition) is 2. The number of rotatable bonds is 6. The van der Waals surface area contributed by atoms with Gasteiger partial charge in [-0.25, -0.2) is 0 Å². The van der Waals surface area contributed by atoms with Crippen molar-refractivity contribution in [2.45, 2.75) is 40.3 Å². The molecule has 0 saturated carbocycles. The normalized spacial score (nSPS) is 14.4. The van der Waals surface area contributed by atoms with E-state index in [2.05, 4.69) is 49.8 Å². The molecule has 92 valence electrons. The predicted molar refractivity (Wildman–Crippen MR) is 70.7 cm³/mol. The smallest absolute Gasteiger partial charge is 0.0626 e. The van der Waals surface area contributed by atoms with Gasteiger partial charge < -0.3 is 10.4 Å². The molecule has 0 radical (unpaired) electrons. The van der Waals surface area contributed by atoms with Crippen LogP contribution in [0.3, 0.4) is 0 Å². The van der Waals surface area contributed by atoms with E-state index in [-0.39, 0.29) is 11.5 Å². The maximum Gasteiger partial charge on any atom is 0.0626 e. The zero-order valence-electron chi connectivity index (χ0n) is 10.7. The first kappa shape index (κ1) is 13.7. The molecule has 0 aliphatic rings. The van der Waals surface area contributed by atoms with E-state index < -0.39 is 0 Å². The summed E-state index contributed by atoms with van der Waals surface area (Å²) in [5.74, 6) is 0.304. The number of thiophene rings is 1. The van der Waals surface area contributed by atoms with Crippen molar-refractivity contribution >= 4 is 11.3 Å². The molecule has 0 aromatic carbocycles. The minimum atomic E-state index is -0.262. The Balaban J connectivity index is 2.36.